The van der Waals surface area contributed by atoms with Gasteiger partial charge in [-0.05, 0) is 0 Å². The number of aliphatic imine (C=N–C) groups is 2. The van der Waals surface area contributed by atoms with Gasteiger partial charge in [-0.25, -0.2) is 5.84 Å². The Bertz CT molecular complexity index is 247. The lowest BCUT2D eigenvalue weighted by molar-refractivity contribution is 0.360. The van der Waals surface area contributed by atoms with Crippen LogP contribution < -0.4 is 11.2 Å². The SMILES string of the molecule is CN=C1N=C(C(C)C)N(N)C(Cl)N1. The van der Waals surface area contributed by atoms with Gasteiger partial charge < -0.3 is 5.32 Å². The summed E-state index contributed by atoms with van der Waals surface area (Å²) in [4.78, 5) is 8.12. The Balaban J connectivity index is 2.95. The molecule has 0 amide bonds. The Morgan fingerprint density at radius 2 is 2.31 bits per heavy atom. The third-order valence-corrected chi connectivity index (χ3v) is 2.03. The van der Waals surface area contributed by atoms with Gasteiger partial charge in [0.15, 0.2) is 5.62 Å². The predicted molar refractivity (Wildman–Crippen MR) is 54.4 cm³/mol. The maximum atomic E-state index is 5.91. The smallest absolute Gasteiger partial charge is 0.222 e. The Morgan fingerprint density at radius 1 is 1.69 bits per heavy atom. The van der Waals surface area contributed by atoms with E-state index in [0.29, 0.717) is 5.96 Å². The molecular formula is C7H14ClN5. The quantitative estimate of drug-likeness (QED) is 0.367. The fourth-order valence-corrected chi connectivity index (χ4v) is 1.23. The number of amidine groups is 1. The van der Waals surface area contributed by atoms with E-state index in [2.05, 4.69) is 15.3 Å². The predicted octanol–water partition coefficient (Wildman–Crippen LogP) is 0.328. The van der Waals surface area contributed by atoms with Gasteiger partial charge in [-0.1, -0.05) is 25.4 Å². The number of hydrazine groups is 1. The molecule has 5 nitrogen and oxygen atoms in total. The van der Waals surface area contributed by atoms with Crippen molar-refractivity contribution in [2.24, 2.45) is 21.7 Å². The fourth-order valence-electron chi connectivity index (χ4n) is 1.03. The number of nitrogens with zero attached hydrogens (tertiary/aromatic N) is 3. The van der Waals surface area contributed by atoms with Crippen LogP contribution in [-0.2, 0) is 0 Å². The lowest BCUT2D eigenvalue weighted by Gasteiger charge is -2.32. The Labute approximate surface area is 82.6 Å². The number of rotatable bonds is 1. The van der Waals surface area contributed by atoms with Crippen LogP contribution in [-0.4, -0.2) is 29.5 Å². The number of nitrogens with two attached hydrogens (primary N) is 1. The zero-order chi connectivity index (χ0) is 10.0. The third-order valence-electron chi connectivity index (χ3n) is 1.71. The van der Waals surface area contributed by atoms with Crippen molar-refractivity contribution in [1.29, 1.82) is 0 Å². The molecule has 0 aromatic heterocycles. The minimum absolute atomic E-state index is 0.227. The van der Waals surface area contributed by atoms with Gasteiger partial charge in [-0.15, -0.1) is 0 Å². The summed E-state index contributed by atoms with van der Waals surface area (Å²) in [5.41, 5.74) is -0.478. The molecule has 74 valence electrons. The second kappa shape index (κ2) is 3.93. The van der Waals surface area contributed by atoms with Gasteiger partial charge in [0.05, 0.1) is 0 Å². The Kier molecular flexibility index (Phi) is 3.11. The van der Waals surface area contributed by atoms with Gasteiger partial charge in [-0.3, -0.25) is 10.0 Å². The van der Waals surface area contributed by atoms with Crippen LogP contribution in [0, 0.1) is 5.92 Å². The standard InChI is InChI=1S/C7H14ClN5/c1-4(2)5-11-7(10-3)12-6(8)13(5)9/h4,6H,9H2,1-3H3,(H,10,12). The molecule has 0 bridgehead atoms. The molecular weight excluding hydrogens is 190 g/mol. The molecule has 6 heteroatoms. The molecule has 1 aliphatic heterocycles. The third kappa shape index (κ3) is 2.10. The minimum Gasteiger partial charge on any atom is -0.320 e. The van der Waals surface area contributed by atoms with Crippen molar-refractivity contribution in [2.75, 3.05) is 7.05 Å². The maximum Gasteiger partial charge on any atom is 0.222 e. The van der Waals surface area contributed by atoms with Crippen molar-refractivity contribution in [3.8, 4) is 0 Å². The van der Waals surface area contributed by atoms with Crippen molar-refractivity contribution >= 4 is 23.4 Å². The topological polar surface area (TPSA) is 66.0 Å². The molecule has 0 fully saturated rings. The van der Waals surface area contributed by atoms with Gasteiger partial charge in [0.25, 0.3) is 0 Å². The first kappa shape index (κ1) is 10.3. The summed E-state index contributed by atoms with van der Waals surface area (Å²) in [6.45, 7) is 4.00. The molecule has 0 aromatic rings. The van der Waals surface area contributed by atoms with Crippen LogP contribution in [0.25, 0.3) is 0 Å². The van der Waals surface area contributed by atoms with Gasteiger partial charge in [0.1, 0.15) is 5.84 Å². The number of guanidine groups is 1. The lowest BCUT2D eigenvalue weighted by atomic mass is 10.2. The van der Waals surface area contributed by atoms with E-state index in [1.807, 2.05) is 13.8 Å². The van der Waals surface area contributed by atoms with Gasteiger partial charge in [0, 0.05) is 13.0 Å². The zero-order valence-electron chi connectivity index (χ0n) is 7.95. The van der Waals surface area contributed by atoms with Gasteiger partial charge in [-0.2, -0.15) is 4.99 Å². The van der Waals surface area contributed by atoms with Gasteiger partial charge >= 0.3 is 0 Å². The largest absolute Gasteiger partial charge is 0.320 e. The van der Waals surface area contributed by atoms with Crippen LogP contribution in [0.2, 0.25) is 0 Å². The average molecular weight is 204 g/mol. The summed E-state index contributed by atoms with van der Waals surface area (Å²) in [5, 5.41) is 4.23. The summed E-state index contributed by atoms with van der Waals surface area (Å²) >= 11 is 5.91. The second-order valence-corrected chi connectivity index (χ2v) is 3.47. The first-order chi connectivity index (χ1) is 6.06. The van der Waals surface area contributed by atoms with Crippen LogP contribution in [0.5, 0.6) is 0 Å². The van der Waals surface area contributed by atoms with Crippen LogP contribution in [0.3, 0.4) is 0 Å². The van der Waals surface area contributed by atoms with Crippen LogP contribution in [0.4, 0.5) is 0 Å². The first-order valence-corrected chi connectivity index (χ1v) is 4.49. The monoisotopic (exact) mass is 203 g/mol. The summed E-state index contributed by atoms with van der Waals surface area (Å²) in [6, 6.07) is 0. The van der Waals surface area contributed by atoms with Crippen molar-refractivity contribution in [3.63, 3.8) is 0 Å². The molecule has 3 N–H and O–H groups in total. The normalized spacial score (nSPS) is 26.3. The molecule has 0 aliphatic carbocycles. The molecule has 1 rings (SSSR count). The molecule has 1 heterocycles. The number of hydrogen-bond acceptors (Lipinski definition) is 3. The molecule has 13 heavy (non-hydrogen) atoms. The van der Waals surface area contributed by atoms with Crippen molar-refractivity contribution in [2.45, 2.75) is 19.5 Å². The molecule has 1 unspecified atom stereocenters. The highest BCUT2D eigenvalue weighted by molar-refractivity contribution is 6.23. The number of nitrogens with one attached hydrogen (secondary N) is 1. The molecule has 0 spiro atoms. The zero-order valence-corrected chi connectivity index (χ0v) is 8.71. The number of alkyl halides is 1. The Morgan fingerprint density at radius 3 is 2.77 bits per heavy atom. The fraction of sp³-hybridized carbons (Fsp3) is 0.714. The van der Waals surface area contributed by atoms with Crippen molar-refractivity contribution in [3.05, 3.63) is 0 Å². The molecule has 0 aromatic carbocycles. The molecule has 0 saturated carbocycles. The van der Waals surface area contributed by atoms with E-state index in [0.717, 1.165) is 5.84 Å². The highest BCUT2D eigenvalue weighted by atomic mass is 35.5. The highest BCUT2D eigenvalue weighted by Gasteiger charge is 2.25. The molecule has 0 radical (unpaired) electrons. The van der Waals surface area contributed by atoms with E-state index in [1.54, 1.807) is 7.05 Å². The molecule has 1 atom stereocenters. The minimum atomic E-state index is -0.478. The first-order valence-electron chi connectivity index (χ1n) is 4.06. The summed E-state index contributed by atoms with van der Waals surface area (Å²) in [6.07, 6.45) is 0. The highest BCUT2D eigenvalue weighted by Crippen LogP contribution is 2.10. The van der Waals surface area contributed by atoms with E-state index in [1.165, 1.54) is 5.01 Å². The van der Waals surface area contributed by atoms with Crippen LogP contribution in [0.1, 0.15) is 13.8 Å². The van der Waals surface area contributed by atoms with Crippen molar-refractivity contribution < 1.29 is 0 Å². The van der Waals surface area contributed by atoms with Crippen LogP contribution in [0.15, 0.2) is 9.98 Å². The lowest BCUT2D eigenvalue weighted by Crippen LogP contribution is -2.56. The van der Waals surface area contributed by atoms with E-state index >= 15 is 0 Å². The van der Waals surface area contributed by atoms with Crippen LogP contribution >= 0.6 is 11.6 Å². The number of halogens is 1. The maximum absolute atomic E-state index is 5.91. The molecule has 0 saturated heterocycles. The van der Waals surface area contributed by atoms with E-state index in [4.69, 9.17) is 17.4 Å². The van der Waals surface area contributed by atoms with E-state index in [-0.39, 0.29) is 5.92 Å². The number of hydrogen-bond donors (Lipinski definition) is 2. The summed E-state index contributed by atoms with van der Waals surface area (Å²) < 4.78 is 0. The summed E-state index contributed by atoms with van der Waals surface area (Å²) in [7, 11) is 1.65. The Hall–Kier alpha value is -0.810. The summed E-state index contributed by atoms with van der Waals surface area (Å²) in [5.74, 6) is 7.17. The average Bonchev–Trinajstić information content (AvgIpc) is 2.09. The van der Waals surface area contributed by atoms with E-state index < -0.39 is 5.62 Å². The van der Waals surface area contributed by atoms with Gasteiger partial charge in [0.2, 0.25) is 5.96 Å². The van der Waals surface area contributed by atoms with E-state index in [9.17, 15) is 0 Å². The molecule has 1 aliphatic rings. The second-order valence-electron chi connectivity index (χ2n) is 3.06. The van der Waals surface area contributed by atoms with Crippen molar-refractivity contribution in [1.82, 2.24) is 10.3 Å².